The molecule has 0 saturated heterocycles. The first-order valence-electron chi connectivity index (χ1n) is 25.6. The number of nitrogens with zero attached hydrogens (tertiary/aromatic N) is 1. The normalized spacial score (nSPS) is 12.8. The number of carboxylic acids is 1. The standard InChI is InChI=1S/C51H99NO7/c1-6-8-10-12-14-16-18-20-22-24-25-26-28-29-31-33-35-37-39-41-49(53)58-46-47(45-57-44-43-48(51(55)56)52(3,4)5)59-50(54)42-40-38-36-34-32-30-27-23-21-19-17-15-13-11-9-7-2/h47-48H,6-46H2,1-5H3. The lowest BCUT2D eigenvalue weighted by molar-refractivity contribution is -0.889. The fraction of sp³-hybridized carbons (Fsp3) is 0.941. The second-order valence-electron chi connectivity index (χ2n) is 18.8. The minimum Gasteiger partial charge on any atom is -0.544 e. The summed E-state index contributed by atoms with van der Waals surface area (Å²) in [5.74, 6) is -1.71. The number of carboxylic acid groups (broad SMARTS) is 1. The van der Waals surface area contributed by atoms with Gasteiger partial charge in [0.2, 0.25) is 0 Å². The summed E-state index contributed by atoms with van der Waals surface area (Å²) in [6, 6.07) is -0.719. The number of rotatable bonds is 47. The number of carbonyl (C=O) groups excluding carboxylic acids is 3. The zero-order valence-corrected chi connectivity index (χ0v) is 40.0. The SMILES string of the molecule is CCCCCCCCCCCCCCCCCCCCCC(=O)OCC(COCCC(C(=O)[O-])[N+](C)(C)C)OC(=O)CCCCCCCCCCCCCCCCCC. The van der Waals surface area contributed by atoms with Gasteiger partial charge in [0, 0.05) is 19.3 Å². The van der Waals surface area contributed by atoms with E-state index >= 15 is 0 Å². The highest BCUT2D eigenvalue weighted by atomic mass is 16.6. The highest BCUT2D eigenvalue weighted by molar-refractivity contribution is 5.70. The predicted octanol–water partition coefficient (Wildman–Crippen LogP) is 13.1. The largest absolute Gasteiger partial charge is 0.544 e. The van der Waals surface area contributed by atoms with Gasteiger partial charge in [0.05, 0.1) is 40.3 Å². The third kappa shape index (κ3) is 41.5. The summed E-state index contributed by atoms with van der Waals surface area (Å²) in [7, 11) is 5.43. The molecule has 2 unspecified atom stereocenters. The van der Waals surface area contributed by atoms with Gasteiger partial charge in [-0.15, -0.1) is 0 Å². The van der Waals surface area contributed by atoms with E-state index in [-0.39, 0.29) is 42.7 Å². The van der Waals surface area contributed by atoms with E-state index in [1.54, 1.807) is 0 Å². The van der Waals surface area contributed by atoms with Gasteiger partial charge in [0.25, 0.3) is 0 Å². The summed E-state index contributed by atoms with van der Waals surface area (Å²) in [4.78, 5) is 37.0. The van der Waals surface area contributed by atoms with Crippen LogP contribution in [0.3, 0.4) is 0 Å². The van der Waals surface area contributed by atoms with Crippen molar-refractivity contribution in [3.8, 4) is 0 Å². The number of unbranched alkanes of at least 4 members (excludes halogenated alkanes) is 33. The lowest BCUT2D eigenvalue weighted by Crippen LogP contribution is -2.55. The van der Waals surface area contributed by atoms with Gasteiger partial charge in [-0.05, 0) is 12.8 Å². The number of hydrogen-bond acceptors (Lipinski definition) is 7. The Morgan fingerprint density at radius 3 is 1.05 bits per heavy atom. The van der Waals surface area contributed by atoms with Crippen molar-refractivity contribution in [1.29, 1.82) is 0 Å². The van der Waals surface area contributed by atoms with Crippen LogP contribution in [0, 0.1) is 0 Å². The Balaban J connectivity index is 4.19. The number of hydrogen-bond donors (Lipinski definition) is 0. The first-order chi connectivity index (χ1) is 28.6. The fourth-order valence-corrected chi connectivity index (χ4v) is 8.02. The number of carbonyl (C=O) groups is 3. The van der Waals surface area contributed by atoms with Crippen LogP contribution in [-0.4, -0.2) is 75.5 Å². The van der Waals surface area contributed by atoms with Crippen LogP contribution in [0.5, 0.6) is 0 Å². The molecule has 0 N–H and O–H groups in total. The highest BCUT2D eigenvalue weighted by Crippen LogP contribution is 2.17. The van der Waals surface area contributed by atoms with Crippen molar-refractivity contribution in [2.24, 2.45) is 0 Å². The molecule has 0 bridgehead atoms. The van der Waals surface area contributed by atoms with Crippen LogP contribution in [0.15, 0.2) is 0 Å². The first-order valence-corrected chi connectivity index (χ1v) is 25.6. The van der Waals surface area contributed by atoms with E-state index in [0.717, 1.165) is 38.5 Å². The molecule has 8 nitrogen and oxygen atoms in total. The second-order valence-corrected chi connectivity index (χ2v) is 18.8. The Hall–Kier alpha value is -1.67. The molecule has 0 rings (SSSR count). The van der Waals surface area contributed by atoms with Gasteiger partial charge in [-0.25, -0.2) is 0 Å². The minimum absolute atomic E-state index is 0.0497. The second kappa shape index (κ2) is 43.0. The quantitative estimate of drug-likeness (QED) is 0.0342. The van der Waals surface area contributed by atoms with Gasteiger partial charge in [0.15, 0.2) is 6.10 Å². The number of aliphatic carboxylic acids is 1. The Morgan fingerprint density at radius 2 is 0.746 bits per heavy atom. The van der Waals surface area contributed by atoms with E-state index in [0.29, 0.717) is 12.8 Å². The van der Waals surface area contributed by atoms with Crippen LogP contribution >= 0.6 is 0 Å². The molecular weight excluding hydrogens is 739 g/mol. The minimum atomic E-state index is -1.12. The van der Waals surface area contributed by atoms with E-state index in [9.17, 15) is 19.5 Å². The molecule has 0 aromatic carbocycles. The molecular formula is C51H99NO7. The lowest BCUT2D eigenvalue weighted by atomic mass is 10.0. The topological polar surface area (TPSA) is 102 Å². The van der Waals surface area contributed by atoms with E-state index in [4.69, 9.17) is 14.2 Å². The van der Waals surface area contributed by atoms with Gasteiger partial charge < -0.3 is 28.6 Å². The van der Waals surface area contributed by atoms with Crippen molar-refractivity contribution in [1.82, 2.24) is 0 Å². The Bertz CT molecular complexity index is 936. The highest BCUT2D eigenvalue weighted by Gasteiger charge is 2.25. The van der Waals surface area contributed by atoms with Crippen LogP contribution in [0.25, 0.3) is 0 Å². The average molecular weight is 838 g/mol. The fourth-order valence-electron chi connectivity index (χ4n) is 8.02. The zero-order chi connectivity index (χ0) is 43.5. The number of quaternary nitrogens is 1. The molecule has 59 heavy (non-hydrogen) atoms. The molecule has 0 amide bonds. The van der Waals surface area contributed by atoms with Gasteiger partial charge in [-0.2, -0.15) is 0 Å². The van der Waals surface area contributed by atoms with Crippen molar-refractivity contribution < 1.29 is 38.2 Å². The van der Waals surface area contributed by atoms with Crippen LogP contribution in [0.4, 0.5) is 0 Å². The molecule has 0 heterocycles. The number of esters is 2. The van der Waals surface area contributed by atoms with Crippen LogP contribution in [0.1, 0.15) is 258 Å². The molecule has 0 aromatic heterocycles. The van der Waals surface area contributed by atoms with Crippen LogP contribution in [-0.2, 0) is 28.6 Å². The molecule has 0 aliphatic rings. The molecule has 350 valence electrons. The van der Waals surface area contributed by atoms with E-state index in [1.807, 2.05) is 21.1 Å². The average Bonchev–Trinajstić information content (AvgIpc) is 3.19. The Labute approximate surface area is 366 Å². The van der Waals surface area contributed by atoms with E-state index in [2.05, 4.69) is 13.8 Å². The van der Waals surface area contributed by atoms with Crippen molar-refractivity contribution in [3.05, 3.63) is 0 Å². The summed E-state index contributed by atoms with van der Waals surface area (Å²) in [6.07, 6.45) is 45.5. The molecule has 0 saturated carbocycles. The number of ether oxygens (including phenoxy) is 3. The summed E-state index contributed by atoms with van der Waals surface area (Å²) < 4.78 is 17.3. The van der Waals surface area contributed by atoms with Crippen LogP contribution < -0.4 is 5.11 Å². The monoisotopic (exact) mass is 838 g/mol. The smallest absolute Gasteiger partial charge is 0.306 e. The maximum atomic E-state index is 12.8. The van der Waals surface area contributed by atoms with Crippen molar-refractivity contribution in [2.45, 2.75) is 270 Å². The van der Waals surface area contributed by atoms with Crippen LogP contribution in [0.2, 0.25) is 0 Å². The van der Waals surface area contributed by atoms with E-state index in [1.165, 1.54) is 186 Å². The lowest BCUT2D eigenvalue weighted by Gasteiger charge is -2.34. The van der Waals surface area contributed by atoms with Gasteiger partial charge in [0.1, 0.15) is 12.6 Å². The molecule has 0 aromatic rings. The summed E-state index contributed by atoms with van der Waals surface area (Å²) in [5, 5.41) is 11.7. The van der Waals surface area contributed by atoms with Crippen molar-refractivity contribution in [2.75, 3.05) is 41.0 Å². The maximum Gasteiger partial charge on any atom is 0.306 e. The van der Waals surface area contributed by atoms with Gasteiger partial charge in [-0.1, -0.05) is 226 Å². The molecule has 8 heteroatoms. The van der Waals surface area contributed by atoms with Crippen molar-refractivity contribution >= 4 is 17.9 Å². The summed E-state index contributed by atoms with van der Waals surface area (Å²) in [6.45, 7) is 4.72. The summed E-state index contributed by atoms with van der Waals surface area (Å²) in [5.41, 5.74) is 0. The third-order valence-corrected chi connectivity index (χ3v) is 12.0. The van der Waals surface area contributed by atoms with Crippen molar-refractivity contribution in [3.63, 3.8) is 0 Å². The maximum absolute atomic E-state index is 12.8. The predicted molar refractivity (Wildman–Crippen MR) is 245 cm³/mol. The Morgan fingerprint density at radius 1 is 0.441 bits per heavy atom. The van der Waals surface area contributed by atoms with Gasteiger partial charge >= 0.3 is 11.9 Å². The molecule has 0 aliphatic heterocycles. The molecule has 0 fully saturated rings. The van der Waals surface area contributed by atoms with Gasteiger partial charge in [-0.3, -0.25) is 9.59 Å². The molecule has 0 spiro atoms. The Kier molecular flexibility index (Phi) is 41.8. The summed E-state index contributed by atoms with van der Waals surface area (Å²) >= 11 is 0. The molecule has 2 atom stereocenters. The number of likely N-dealkylation sites (N-methyl/N-ethyl adjacent to an activating group) is 1. The zero-order valence-electron chi connectivity index (χ0n) is 40.0. The van der Waals surface area contributed by atoms with E-state index < -0.39 is 18.1 Å². The first kappa shape index (κ1) is 57.3. The third-order valence-electron chi connectivity index (χ3n) is 12.0. The molecule has 0 radical (unpaired) electrons. The molecule has 0 aliphatic carbocycles.